The van der Waals surface area contributed by atoms with Gasteiger partial charge in [-0.15, -0.1) is 12.4 Å². The average Bonchev–Trinajstić information content (AvgIpc) is 2.64. The quantitative estimate of drug-likeness (QED) is 0.884. The number of pyridine rings is 1. The minimum absolute atomic E-state index is 0. The van der Waals surface area contributed by atoms with Crippen molar-refractivity contribution in [2.75, 3.05) is 33.9 Å². The molecule has 1 N–H and O–H groups in total. The first-order chi connectivity index (χ1) is 11.7. The van der Waals surface area contributed by atoms with Gasteiger partial charge in [0.05, 0.1) is 14.2 Å². The minimum atomic E-state index is 0. The molecule has 1 aliphatic rings. The topological polar surface area (TPSA) is 46.6 Å². The fraction of sp³-hybridized carbons (Fsp3) is 0.421. The standard InChI is InChI=1S/C19H25N3O2.ClH/c1-14-9-18(23-2)19(24-3)10-16(14)13-22-8-7-21-12-17(22)15-5-4-6-20-11-15;/h4-6,9-11,17,21H,7-8,12-13H2,1-3H3;1H. The van der Waals surface area contributed by atoms with Crippen LogP contribution < -0.4 is 14.8 Å². The van der Waals surface area contributed by atoms with E-state index in [1.807, 2.05) is 18.5 Å². The molecule has 0 aliphatic carbocycles. The molecule has 0 amide bonds. The van der Waals surface area contributed by atoms with E-state index in [-0.39, 0.29) is 12.4 Å². The number of nitrogens with one attached hydrogen (secondary N) is 1. The predicted molar refractivity (Wildman–Crippen MR) is 102 cm³/mol. The molecule has 1 aliphatic heterocycles. The van der Waals surface area contributed by atoms with Crippen molar-refractivity contribution in [3.63, 3.8) is 0 Å². The number of methoxy groups -OCH3 is 2. The highest BCUT2D eigenvalue weighted by Gasteiger charge is 2.24. The Morgan fingerprint density at radius 3 is 2.68 bits per heavy atom. The van der Waals surface area contributed by atoms with E-state index in [0.717, 1.165) is 37.7 Å². The molecular weight excluding hydrogens is 338 g/mol. The van der Waals surface area contributed by atoms with Crippen LogP contribution in [0.1, 0.15) is 22.7 Å². The molecule has 0 spiro atoms. The van der Waals surface area contributed by atoms with Crippen LogP contribution >= 0.6 is 12.4 Å². The second-order valence-corrected chi connectivity index (χ2v) is 6.11. The van der Waals surface area contributed by atoms with E-state index in [4.69, 9.17) is 9.47 Å². The molecule has 0 bridgehead atoms. The Hall–Kier alpha value is -1.82. The van der Waals surface area contributed by atoms with Gasteiger partial charge in [-0.1, -0.05) is 6.07 Å². The van der Waals surface area contributed by atoms with Crippen molar-refractivity contribution in [3.05, 3.63) is 53.3 Å². The number of ether oxygens (including phenoxy) is 2. The fourth-order valence-corrected chi connectivity index (χ4v) is 3.25. The molecular formula is C19H26ClN3O2. The first-order valence-corrected chi connectivity index (χ1v) is 8.29. The summed E-state index contributed by atoms with van der Waals surface area (Å²) in [5.74, 6) is 1.56. The van der Waals surface area contributed by atoms with Crippen LogP contribution in [-0.4, -0.2) is 43.7 Å². The lowest BCUT2D eigenvalue weighted by molar-refractivity contribution is 0.153. The van der Waals surface area contributed by atoms with Crippen LogP contribution in [0.25, 0.3) is 0 Å². The lowest BCUT2D eigenvalue weighted by atomic mass is 10.0. The maximum absolute atomic E-state index is 5.47. The summed E-state index contributed by atoms with van der Waals surface area (Å²) in [6, 6.07) is 8.63. The van der Waals surface area contributed by atoms with Gasteiger partial charge in [0.2, 0.25) is 0 Å². The van der Waals surface area contributed by atoms with Gasteiger partial charge in [-0.25, -0.2) is 0 Å². The Morgan fingerprint density at radius 2 is 2.00 bits per heavy atom. The molecule has 5 nitrogen and oxygen atoms in total. The van der Waals surface area contributed by atoms with E-state index in [0.29, 0.717) is 6.04 Å². The zero-order valence-corrected chi connectivity index (χ0v) is 15.8. The van der Waals surface area contributed by atoms with Crippen molar-refractivity contribution in [3.8, 4) is 11.5 Å². The maximum Gasteiger partial charge on any atom is 0.161 e. The number of halogens is 1. The van der Waals surface area contributed by atoms with Gasteiger partial charge in [-0.2, -0.15) is 0 Å². The van der Waals surface area contributed by atoms with Gasteiger partial charge in [-0.3, -0.25) is 9.88 Å². The van der Waals surface area contributed by atoms with E-state index in [1.165, 1.54) is 16.7 Å². The number of hydrogen-bond acceptors (Lipinski definition) is 5. The van der Waals surface area contributed by atoms with Crippen molar-refractivity contribution in [1.29, 1.82) is 0 Å². The summed E-state index contributed by atoms with van der Waals surface area (Å²) >= 11 is 0. The summed E-state index contributed by atoms with van der Waals surface area (Å²) in [5.41, 5.74) is 3.74. The van der Waals surface area contributed by atoms with Crippen molar-refractivity contribution >= 4 is 12.4 Å². The number of rotatable bonds is 5. The highest BCUT2D eigenvalue weighted by molar-refractivity contribution is 5.85. The van der Waals surface area contributed by atoms with Crippen LogP contribution in [0.4, 0.5) is 0 Å². The maximum atomic E-state index is 5.47. The molecule has 136 valence electrons. The second kappa shape index (κ2) is 9.04. The van der Waals surface area contributed by atoms with E-state index < -0.39 is 0 Å². The molecule has 1 unspecified atom stereocenters. The highest BCUT2D eigenvalue weighted by atomic mass is 35.5. The molecule has 0 saturated carbocycles. The number of aryl methyl sites for hydroxylation is 1. The summed E-state index contributed by atoms with van der Waals surface area (Å²) in [6.45, 7) is 5.96. The molecule has 1 saturated heterocycles. The zero-order valence-electron chi connectivity index (χ0n) is 15.0. The van der Waals surface area contributed by atoms with Crippen LogP contribution in [-0.2, 0) is 6.54 Å². The molecule has 1 fully saturated rings. The third-order valence-electron chi connectivity index (χ3n) is 4.64. The van der Waals surface area contributed by atoms with Crippen LogP contribution in [0.3, 0.4) is 0 Å². The van der Waals surface area contributed by atoms with Gasteiger partial charge in [-0.05, 0) is 41.8 Å². The molecule has 3 rings (SSSR count). The molecule has 6 heteroatoms. The lowest BCUT2D eigenvalue weighted by Crippen LogP contribution is -2.45. The van der Waals surface area contributed by atoms with E-state index in [9.17, 15) is 0 Å². The monoisotopic (exact) mass is 363 g/mol. The van der Waals surface area contributed by atoms with Gasteiger partial charge in [0.15, 0.2) is 11.5 Å². The largest absolute Gasteiger partial charge is 0.493 e. The summed E-state index contributed by atoms with van der Waals surface area (Å²) in [5, 5.41) is 3.49. The van der Waals surface area contributed by atoms with Crippen LogP contribution in [0.15, 0.2) is 36.7 Å². The van der Waals surface area contributed by atoms with Crippen molar-refractivity contribution in [2.24, 2.45) is 0 Å². The predicted octanol–water partition coefficient (Wildman–Crippen LogP) is 2.98. The summed E-state index contributed by atoms with van der Waals surface area (Å²) in [7, 11) is 3.35. The van der Waals surface area contributed by atoms with Crippen LogP contribution in [0.2, 0.25) is 0 Å². The summed E-state index contributed by atoms with van der Waals surface area (Å²) in [6.07, 6.45) is 3.79. The van der Waals surface area contributed by atoms with Gasteiger partial charge in [0, 0.05) is 44.6 Å². The zero-order chi connectivity index (χ0) is 16.9. The molecule has 2 heterocycles. The average molecular weight is 364 g/mol. The van der Waals surface area contributed by atoms with Gasteiger partial charge >= 0.3 is 0 Å². The van der Waals surface area contributed by atoms with Crippen molar-refractivity contribution < 1.29 is 9.47 Å². The third kappa shape index (κ3) is 4.42. The fourth-order valence-electron chi connectivity index (χ4n) is 3.25. The summed E-state index contributed by atoms with van der Waals surface area (Å²) in [4.78, 5) is 6.78. The second-order valence-electron chi connectivity index (χ2n) is 6.11. The van der Waals surface area contributed by atoms with Gasteiger partial charge in [0.1, 0.15) is 0 Å². The molecule has 1 atom stereocenters. The summed E-state index contributed by atoms with van der Waals surface area (Å²) < 4.78 is 10.9. The molecule has 1 aromatic heterocycles. The van der Waals surface area contributed by atoms with Crippen LogP contribution in [0.5, 0.6) is 11.5 Å². The number of benzene rings is 1. The van der Waals surface area contributed by atoms with Crippen molar-refractivity contribution in [2.45, 2.75) is 19.5 Å². The SMILES string of the molecule is COc1cc(C)c(CN2CCNCC2c2cccnc2)cc1OC.Cl. The minimum Gasteiger partial charge on any atom is -0.493 e. The van der Waals surface area contributed by atoms with Gasteiger partial charge < -0.3 is 14.8 Å². The van der Waals surface area contributed by atoms with E-state index in [2.05, 4.69) is 40.3 Å². The molecule has 2 aromatic rings. The van der Waals surface area contributed by atoms with Crippen molar-refractivity contribution in [1.82, 2.24) is 15.2 Å². The first kappa shape index (κ1) is 19.5. The Morgan fingerprint density at radius 1 is 1.24 bits per heavy atom. The Bertz CT molecular complexity index is 682. The normalized spacial score (nSPS) is 17.6. The third-order valence-corrected chi connectivity index (χ3v) is 4.64. The highest BCUT2D eigenvalue weighted by Crippen LogP contribution is 2.32. The molecule has 1 aromatic carbocycles. The molecule has 0 radical (unpaired) electrons. The Labute approximate surface area is 155 Å². The smallest absolute Gasteiger partial charge is 0.161 e. The van der Waals surface area contributed by atoms with Gasteiger partial charge in [0.25, 0.3) is 0 Å². The van der Waals surface area contributed by atoms with Crippen LogP contribution in [0, 0.1) is 6.92 Å². The number of piperazine rings is 1. The Balaban J connectivity index is 0.00000225. The van der Waals surface area contributed by atoms with E-state index in [1.54, 1.807) is 14.2 Å². The number of nitrogens with zero attached hydrogens (tertiary/aromatic N) is 2. The van der Waals surface area contributed by atoms with E-state index >= 15 is 0 Å². The first-order valence-electron chi connectivity index (χ1n) is 8.29. The number of aromatic nitrogens is 1. The molecule has 25 heavy (non-hydrogen) atoms. The Kier molecular flexibility index (Phi) is 7.05. The lowest BCUT2D eigenvalue weighted by Gasteiger charge is -2.36. The number of hydrogen-bond donors (Lipinski definition) is 1.